The highest BCUT2D eigenvalue weighted by molar-refractivity contribution is 5.54. The fourth-order valence-corrected chi connectivity index (χ4v) is 2.56. The monoisotopic (exact) mass is 261 g/mol. The first-order valence-electron chi connectivity index (χ1n) is 7.47. The molecule has 0 aromatic heterocycles. The van der Waals surface area contributed by atoms with Crippen molar-refractivity contribution in [2.45, 2.75) is 25.7 Å². The van der Waals surface area contributed by atoms with E-state index in [0.717, 1.165) is 32.6 Å². The molecule has 0 unspecified atom stereocenters. The highest BCUT2D eigenvalue weighted by Crippen LogP contribution is 2.22. The molecule has 1 aromatic carbocycles. The van der Waals surface area contributed by atoms with E-state index in [2.05, 4.69) is 47.8 Å². The minimum atomic E-state index is 1.08. The van der Waals surface area contributed by atoms with E-state index in [-0.39, 0.29) is 0 Å². The van der Waals surface area contributed by atoms with Crippen LogP contribution in [-0.4, -0.2) is 45.2 Å². The number of anilines is 1. The van der Waals surface area contributed by atoms with Crippen LogP contribution in [0.1, 0.15) is 24.0 Å². The van der Waals surface area contributed by atoms with Crippen molar-refractivity contribution in [3.8, 4) is 0 Å². The van der Waals surface area contributed by atoms with Crippen molar-refractivity contribution in [1.29, 1.82) is 0 Å². The molecule has 1 aliphatic heterocycles. The number of nitrogens with zero attached hydrogens (tertiary/aromatic N) is 1. The van der Waals surface area contributed by atoms with Gasteiger partial charge in [0, 0.05) is 12.2 Å². The predicted octanol–water partition coefficient (Wildman–Crippen LogP) is 2.13. The number of hydrogen-bond donors (Lipinski definition) is 2. The van der Waals surface area contributed by atoms with Gasteiger partial charge in [0.1, 0.15) is 0 Å². The van der Waals surface area contributed by atoms with E-state index in [4.69, 9.17) is 0 Å². The van der Waals surface area contributed by atoms with Crippen molar-refractivity contribution >= 4 is 5.69 Å². The van der Waals surface area contributed by atoms with Crippen molar-refractivity contribution in [3.05, 3.63) is 29.3 Å². The average molecular weight is 261 g/mol. The lowest BCUT2D eigenvalue weighted by Crippen LogP contribution is -2.23. The maximum atomic E-state index is 3.53. The van der Waals surface area contributed by atoms with E-state index >= 15 is 0 Å². The smallest absolute Gasteiger partial charge is 0.0372 e. The molecule has 19 heavy (non-hydrogen) atoms. The van der Waals surface area contributed by atoms with Gasteiger partial charge in [0.2, 0.25) is 0 Å². The Bertz CT molecular complexity index is 388. The second-order valence-electron chi connectivity index (χ2n) is 5.68. The SMILES string of the molecule is CN(C)CCCNCCc1ccc2c(c1)CCCN2. The van der Waals surface area contributed by atoms with Gasteiger partial charge in [0.25, 0.3) is 0 Å². The van der Waals surface area contributed by atoms with Crippen LogP contribution in [-0.2, 0) is 12.8 Å². The lowest BCUT2D eigenvalue weighted by Gasteiger charge is -2.18. The molecule has 1 aromatic rings. The highest BCUT2D eigenvalue weighted by Gasteiger charge is 2.08. The molecule has 1 heterocycles. The fourth-order valence-electron chi connectivity index (χ4n) is 2.56. The van der Waals surface area contributed by atoms with Crippen LogP contribution in [0, 0.1) is 0 Å². The zero-order valence-corrected chi connectivity index (χ0v) is 12.3. The molecule has 0 fully saturated rings. The lowest BCUT2D eigenvalue weighted by atomic mass is 9.99. The van der Waals surface area contributed by atoms with Gasteiger partial charge in [-0.3, -0.25) is 0 Å². The quantitative estimate of drug-likeness (QED) is 0.736. The summed E-state index contributed by atoms with van der Waals surface area (Å²) in [6, 6.07) is 6.89. The molecule has 0 bridgehead atoms. The van der Waals surface area contributed by atoms with Crippen molar-refractivity contribution in [2.24, 2.45) is 0 Å². The summed E-state index contributed by atoms with van der Waals surface area (Å²) in [4.78, 5) is 2.23. The standard InChI is InChI=1S/C16H27N3/c1-19(2)12-4-9-17-11-8-14-6-7-16-15(13-14)5-3-10-18-16/h6-7,13,17-18H,3-5,8-12H2,1-2H3. The third-order valence-corrected chi connectivity index (χ3v) is 3.66. The Hall–Kier alpha value is -1.06. The Morgan fingerprint density at radius 1 is 1.26 bits per heavy atom. The van der Waals surface area contributed by atoms with Gasteiger partial charge in [-0.1, -0.05) is 12.1 Å². The summed E-state index contributed by atoms with van der Waals surface area (Å²) in [5.41, 5.74) is 4.30. The van der Waals surface area contributed by atoms with Crippen LogP contribution in [0.15, 0.2) is 18.2 Å². The van der Waals surface area contributed by atoms with Crippen molar-refractivity contribution in [3.63, 3.8) is 0 Å². The molecule has 0 spiro atoms. The van der Waals surface area contributed by atoms with Crippen LogP contribution < -0.4 is 10.6 Å². The Labute approximate surface area is 117 Å². The van der Waals surface area contributed by atoms with E-state index in [0.29, 0.717) is 0 Å². The molecule has 2 N–H and O–H groups in total. The number of rotatable bonds is 7. The van der Waals surface area contributed by atoms with Crippen LogP contribution >= 0.6 is 0 Å². The molecule has 0 saturated carbocycles. The van der Waals surface area contributed by atoms with Crippen LogP contribution in [0.25, 0.3) is 0 Å². The molecule has 0 aliphatic carbocycles. The zero-order chi connectivity index (χ0) is 13.5. The number of aryl methyl sites for hydroxylation is 1. The molecule has 106 valence electrons. The van der Waals surface area contributed by atoms with Crippen LogP contribution in [0.4, 0.5) is 5.69 Å². The Morgan fingerprint density at radius 3 is 3.00 bits per heavy atom. The number of fused-ring (bicyclic) bond motifs is 1. The highest BCUT2D eigenvalue weighted by atomic mass is 15.0. The van der Waals surface area contributed by atoms with Gasteiger partial charge in [0.05, 0.1) is 0 Å². The number of hydrogen-bond acceptors (Lipinski definition) is 3. The van der Waals surface area contributed by atoms with Crippen molar-refractivity contribution in [1.82, 2.24) is 10.2 Å². The average Bonchev–Trinajstić information content (AvgIpc) is 2.42. The topological polar surface area (TPSA) is 27.3 Å². The first kappa shape index (κ1) is 14.4. The number of nitrogens with one attached hydrogen (secondary N) is 2. The van der Waals surface area contributed by atoms with Crippen molar-refractivity contribution in [2.75, 3.05) is 45.6 Å². The Kier molecular flexibility index (Phi) is 5.67. The molecule has 3 heteroatoms. The lowest BCUT2D eigenvalue weighted by molar-refractivity contribution is 0.395. The van der Waals surface area contributed by atoms with Crippen LogP contribution in [0.5, 0.6) is 0 Å². The van der Waals surface area contributed by atoms with Gasteiger partial charge >= 0.3 is 0 Å². The van der Waals surface area contributed by atoms with E-state index in [1.807, 2.05) is 0 Å². The molecule has 2 rings (SSSR count). The van der Waals surface area contributed by atoms with Gasteiger partial charge in [-0.2, -0.15) is 0 Å². The summed E-state index contributed by atoms with van der Waals surface area (Å²) >= 11 is 0. The van der Waals surface area contributed by atoms with Gasteiger partial charge in [-0.25, -0.2) is 0 Å². The van der Waals surface area contributed by atoms with E-state index in [1.54, 1.807) is 0 Å². The summed E-state index contributed by atoms with van der Waals surface area (Å²) in [5, 5.41) is 6.99. The van der Waals surface area contributed by atoms with Gasteiger partial charge in [-0.15, -0.1) is 0 Å². The normalized spacial score (nSPS) is 14.3. The first-order valence-corrected chi connectivity index (χ1v) is 7.47. The number of benzene rings is 1. The summed E-state index contributed by atoms with van der Waals surface area (Å²) in [6.07, 6.45) is 4.85. The minimum absolute atomic E-state index is 1.08. The van der Waals surface area contributed by atoms with Crippen molar-refractivity contribution < 1.29 is 0 Å². The third-order valence-electron chi connectivity index (χ3n) is 3.66. The maximum Gasteiger partial charge on any atom is 0.0372 e. The summed E-state index contributed by atoms with van der Waals surface area (Å²) in [7, 11) is 4.25. The minimum Gasteiger partial charge on any atom is -0.385 e. The second kappa shape index (κ2) is 7.51. The van der Waals surface area contributed by atoms with E-state index in [1.165, 1.54) is 36.1 Å². The molecule has 0 saturated heterocycles. The largest absolute Gasteiger partial charge is 0.385 e. The molecule has 0 amide bonds. The van der Waals surface area contributed by atoms with Crippen LogP contribution in [0.3, 0.4) is 0 Å². The molecule has 1 aliphatic rings. The molecular formula is C16H27N3. The summed E-state index contributed by atoms with van der Waals surface area (Å²) in [6.45, 7) is 4.49. The molecular weight excluding hydrogens is 234 g/mol. The van der Waals surface area contributed by atoms with E-state index < -0.39 is 0 Å². The first-order chi connectivity index (χ1) is 9.25. The predicted molar refractivity (Wildman–Crippen MR) is 83.0 cm³/mol. The van der Waals surface area contributed by atoms with Gasteiger partial charge in [-0.05, 0) is 76.6 Å². The zero-order valence-electron chi connectivity index (χ0n) is 12.3. The van der Waals surface area contributed by atoms with Gasteiger partial charge in [0.15, 0.2) is 0 Å². The van der Waals surface area contributed by atoms with Gasteiger partial charge < -0.3 is 15.5 Å². The Balaban J connectivity index is 1.68. The molecule has 3 nitrogen and oxygen atoms in total. The third kappa shape index (κ3) is 4.84. The van der Waals surface area contributed by atoms with E-state index in [9.17, 15) is 0 Å². The summed E-state index contributed by atoms with van der Waals surface area (Å²) in [5.74, 6) is 0. The van der Waals surface area contributed by atoms with Crippen LogP contribution in [0.2, 0.25) is 0 Å². The molecule has 0 radical (unpaired) electrons. The second-order valence-corrected chi connectivity index (χ2v) is 5.68. The maximum absolute atomic E-state index is 3.53. The fraction of sp³-hybridized carbons (Fsp3) is 0.625. The summed E-state index contributed by atoms with van der Waals surface area (Å²) < 4.78 is 0. The molecule has 0 atom stereocenters. The Morgan fingerprint density at radius 2 is 2.16 bits per heavy atom.